The van der Waals surface area contributed by atoms with Crippen molar-refractivity contribution in [2.75, 3.05) is 5.32 Å². The van der Waals surface area contributed by atoms with Crippen LogP contribution in [0.25, 0.3) is 10.9 Å². The maximum Gasteiger partial charge on any atom is 0.227 e. The van der Waals surface area contributed by atoms with Gasteiger partial charge < -0.3 is 5.32 Å². The number of rotatable bonds is 3. The third-order valence-electron chi connectivity index (χ3n) is 3.68. The van der Waals surface area contributed by atoms with E-state index < -0.39 is 0 Å². The van der Waals surface area contributed by atoms with Gasteiger partial charge in [0.1, 0.15) is 0 Å². The van der Waals surface area contributed by atoms with Gasteiger partial charge in [0.15, 0.2) is 0 Å². The largest absolute Gasteiger partial charge is 0.324 e. The van der Waals surface area contributed by atoms with Crippen molar-refractivity contribution in [3.63, 3.8) is 0 Å². The molecule has 1 aromatic carbocycles. The Morgan fingerprint density at radius 1 is 1.47 bits per heavy atom. The number of amides is 1. The molecule has 1 saturated carbocycles. The van der Waals surface area contributed by atoms with Gasteiger partial charge in [-0.25, -0.2) is 0 Å². The van der Waals surface area contributed by atoms with E-state index in [1.54, 1.807) is 6.20 Å². The zero-order valence-electron chi connectivity index (χ0n) is 10.7. The van der Waals surface area contributed by atoms with Crippen LogP contribution in [0.2, 0.25) is 0 Å². The molecule has 0 bridgehead atoms. The van der Waals surface area contributed by atoms with E-state index in [4.69, 9.17) is 0 Å². The molecule has 4 heteroatoms. The number of halogens is 1. The zero-order chi connectivity index (χ0) is 13.4. The summed E-state index contributed by atoms with van der Waals surface area (Å²) in [4.78, 5) is 16.5. The Labute approximate surface area is 120 Å². The van der Waals surface area contributed by atoms with Crippen LogP contribution in [0, 0.1) is 11.8 Å². The van der Waals surface area contributed by atoms with Crippen LogP contribution in [0.15, 0.2) is 34.9 Å². The van der Waals surface area contributed by atoms with E-state index in [0.717, 1.165) is 21.1 Å². The Morgan fingerprint density at radius 3 is 3.00 bits per heavy atom. The van der Waals surface area contributed by atoms with Gasteiger partial charge in [-0.3, -0.25) is 9.78 Å². The average molecular weight is 319 g/mol. The smallest absolute Gasteiger partial charge is 0.227 e. The molecule has 0 aliphatic heterocycles. The molecule has 1 aliphatic rings. The molecule has 1 heterocycles. The first-order chi connectivity index (χ1) is 9.15. The number of hydrogen-bond donors (Lipinski definition) is 1. The van der Waals surface area contributed by atoms with Crippen LogP contribution in [0.4, 0.5) is 5.69 Å². The summed E-state index contributed by atoms with van der Waals surface area (Å²) in [5, 5.41) is 4.03. The Balaban J connectivity index is 1.90. The van der Waals surface area contributed by atoms with Gasteiger partial charge in [0, 0.05) is 22.0 Å². The average Bonchev–Trinajstić information content (AvgIpc) is 3.22. The van der Waals surface area contributed by atoms with Crippen molar-refractivity contribution in [3.05, 3.63) is 34.9 Å². The van der Waals surface area contributed by atoms with Crippen LogP contribution >= 0.6 is 15.9 Å². The van der Waals surface area contributed by atoms with Crippen molar-refractivity contribution < 1.29 is 4.79 Å². The highest BCUT2D eigenvalue weighted by molar-refractivity contribution is 9.10. The molecule has 1 fully saturated rings. The fraction of sp³-hybridized carbons (Fsp3) is 0.333. The molecular weight excluding hydrogens is 304 g/mol. The number of carbonyl (C=O) groups is 1. The Morgan fingerprint density at radius 2 is 2.26 bits per heavy atom. The Hall–Kier alpha value is -1.42. The van der Waals surface area contributed by atoms with Gasteiger partial charge in [-0.1, -0.05) is 19.1 Å². The lowest BCUT2D eigenvalue weighted by Crippen LogP contribution is -2.22. The molecule has 1 amide bonds. The zero-order valence-corrected chi connectivity index (χ0v) is 12.3. The van der Waals surface area contributed by atoms with Gasteiger partial charge in [0.05, 0.1) is 11.2 Å². The van der Waals surface area contributed by atoms with Crippen LogP contribution in [0.1, 0.15) is 19.8 Å². The normalized spacial score (nSPS) is 16.3. The van der Waals surface area contributed by atoms with E-state index >= 15 is 0 Å². The number of anilines is 1. The third kappa shape index (κ3) is 2.63. The van der Waals surface area contributed by atoms with E-state index in [-0.39, 0.29) is 11.8 Å². The van der Waals surface area contributed by atoms with Gasteiger partial charge in [0.2, 0.25) is 5.91 Å². The van der Waals surface area contributed by atoms with E-state index in [2.05, 4.69) is 26.2 Å². The van der Waals surface area contributed by atoms with Crippen molar-refractivity contribution in [3.8, 4) is 0 Å². The second kappa shape index (κ2) is 4.93. The van der Waals surface area contributed by atoms with E-state index in [1.165, 1.54) is 12.8 Å². The number of nitrogens with one attached hydrogen (secondary N) is 1. The van der Waals surface area contributed by atoms with Crippen LogP contribution < -0.4 is 5.32 Å². The summed E-state index contributed by atoms with van der Waals surface area (Å²) in [6, 6.07) is 7.84. The monoisotopic (exact) mass is 318 g/mol. The molecule has 3 rings (SSSR count). The first-order valence-electron chi connectivity index (χ1n) is 6.50. The molecule has 2 aromatic rings. The highest BCUT2D eigenvalue weighted by atomic mass is 79.9. The second-order valence-electron chi connectivity index (χ2n) is 5.15. The van der Waals surface area contributed by atoms with Gasteiger partial charge >= 0.3 is 0 Å². The summed E-state index contributed by atoms with van der Waals surface area (Å²) in [6.45, 7) is 2.00. The molecular formula is C15H15BrN2O. The predicted octanol–water partition coefficient (Wildman–Crippen LogP) is 3.98. The number of hydrogen-bond acceptors (Lipinski definition) is 2. The Bertz CT molecular complexity index is 637. The number of benzene rings is 1. The van der Waals surface area contributed by atoms with Gasteiger partial charge in [-0.2, -0.15) is 0 Å². The van der Waals surface area contributed by atoms with Crippen molar-refractivity contribution in [1.29, 1.82) is 0 Å². The van der Waals surface area contributed by atoms with Crippen molar-refractivity contribution in [2.45, 2.75) is 19.8 Å². The van der Waals surface area contributed by atoms with Crippen LogP contribution in [0.3, 0.4) is 0 Å². The van der Waals surface area contributed by atoms with Gasteiger partial charge in [-0.15, -0.1) is 0 Å². The van der Waals surface area contributed by atoms with Crippen LogP contribution in [-0.4, -0.2) is 10.9 Å². The van der Waals surface area contributed by atoms with E-state index in [9.17, 15) is 4.79 Å². The summed E-state index contributed by atoms with van der Waals surface area (Å²) in [5.74, 6) is 0.752. The van der Waals surface area contributed by atoms with E-state index in [0.29, 0.717) is 5.92 Å². The second-order valence-corrected chi connectivity index (χ2v) is 6.06. The van der Waals surface area contributed by atoms with Crippen LogP contribution in [-0.2, 0) is 4.79 Å². The number of fused-ring (bicyclic) bond motifs is 1. The minimum atomic E-state index is 0.0886. The molecule has 0 saturated heterocycles. The number of carbonyl (C=O) groups excluding carboxylic acids is 1. The van der Waals surface area contributed by atoms with Crippen molar-refractivity contribution in [1.82, 2.24) is 4.98 Å². The summed E-state index contributed by atoms with van der Waals surface area (Å²) < 4.78 is 0.940. The quantitative estimate of drug-likeness (QED) is 0.930. The highest BCUT2D eigenvalue weighted by Gasteiger charge is 2.32. The molecule has 1 aromatic heterocycles. The SMILES string of the molecule is CC(C(=O)Nc1cccc2cc(Br)cnc12)C1CC1. The Kier molecular flexibility index (Phi) is 3.27. The summed E-state index contributed by atoms with van der Waals surface area (Å²) in [6.07, 6.45) is 4.10. The van der Waals surface area contributed by atoms with E-state index in [1.807, 2.05) is 31.2 Å². The lowest BCUT2D eigenvalue weighted by atomic mass is 10.1. The lowest BCUT2D eigenvalue weighted by Gasteiger charge is -2.12. The molecule has 1 N–H and O–H groups in total. The maximum atomic E-state index is 12.2. The summed E-state index contributed by atoms with van der Waals surface area (Å²) in [5.41, 5.74) is 1.63. The van der Waals surface area contributed by atoms with Gasteiger partial charge in [-0.05, 0) is 46.8 Å². The first kappa shape index (κ1) is 12.6. The fourth-order valence-electron chi connectivity index (χ4n) is 2.29. The van der Waals surface area contributed by atoms with Crippen LogP contribution in [0.5, 0.6) is 0 Å². The molecule has 19 heavy (non-hydrogen) atoms. The summed E-state index contributed by atoms with van der Waals surface area (Å²) in [7, 11) is 0. The maximum absolute atomic E-state index is 12.2. The lowest BCUT2D eigenvalue weighted by molar-refractivity contribution is -0.119. The number of para-hydroxylation sites is 1. The molecule has 98 valence electrons. The standard InChI is InChI=1S/C15H15BrN2O/c1-9(10-5-6-10)15(19)18-13-4-2-3-11-7-12(16)8-17-14(11)13/h2-4,7-10H,5-6H2,1H3,(H,18,19). The fourth-order valence-corrected chi connectivity index (χ4v) is 2.64. The minimum absolute atomic E-state index is 0.0886. The van der Waals surface area contributed by atoms with Gasteiger partial charge in [0.25, 0.3) is 0 Å². The predicted molar refractivity (Wildman–Crippen MR) is 80.0 cm³/mol. The molecule has 0 spiro atoms. The summed E-state index contributed by atoms with van der Waals surface area (Å²) >= 11 is 3.41. The molecule has 1 aliphatic carbocycles. The third-order valence-corrected chi connectivity index (χ3v) is 4.11. The topological polar surface area (TPSA) is 42.0 Å². The number of nitrogens with zero attached hydrogens (tertiary/aromatic N) is 1. The highest BCUT2D eigenvalue weighted by Crippen LogP contribution is 2.37. The molecule has 1 atom stereocenters. The number of pyridine rings is 1. The first-order valence-corrected chi connectivity index (χ1v) is 7.29. The molecule has 3 nitrogen and oxygen atoms in total. The molecule has 1 unspecified atom stereocenters. The number of aromatic nitrogens is 1. The van der Waals surface area contributed by atoms with Crippen molar-refractivity contribution >= 4 is 38.4 Å². The minimum Gasteiger partial charge on any atom is -0.324 e. The van der Waals surface area contributed by atoms with Crippen molar-refractivity contribution in [2.24, 2.45) is 11.8 Å². The molecule has 0 radical (unpaired) electrons.